The van der Waals surface area contributed by atoms with Gasteiger partial charge in [-0.25, -0.2) is 8.42 Å². The van der Waals surface area contributed by atoms with E-state index in [1.54, 1.807) is 13.8 Å². The Labute approximate surface area is 135 Å². The average molecular weight is 339 g/mol. The van der Waals surface area contributed by atoms with Crippen molar-refractivity contribution < 1.29 is 13.3 Å². The van der Waals surface area contributed by atoms with Gasteiger partial charge in [0.2, 0.25) is 10.0 Å². The third-order valence-electron chi connectivity index (χ3n) is 5.27. The van der Waals surface area contributed by atoms with Crippen LogP contribution in [0.25, 0.3) is 0 Å². The van der Waals surface area contributed by atoms with Crippen molar-refractivity contribution in [2.45, 2.75) is 37.6 Å². The van der Waals surface area contributed by atoms with Crippen LogP contribution >= 0.6 is 0 Å². The van der Waals surface area contributed by atoms with Crippen molar-refractivity contribution in [2.24, 2.45) is 17.6 Å². The molecule has 1 aliphatic carbocycles. The van der Waals surface area contributed by atoms with Crippen molar-refractivity contribution in [3.05, 3.63) is 33.4 Å². The van der Waals surface area contributed by atoms with Gasteiger partial charge < -0.3 is 5.73 Å². The minimum absolute atomic E-state index is 0.0231. The maximum atomic E-state index is 12.9. The fourth-order valence-electron chi connectivity index (χ4n) is 3.73. The van der Waals surface area contributed by atoms with Crippen LogP contribution in [0.2, 0.25) is 0 Å². The molecule has 0 radical (unpaired) electrons. The highest BCUT2D eigenvalue weighted by Gasteiger charge is 2.46. The van der Waals surface area contributed by atoms with Crippen LogP contribution in [0.1, 0.15) is 24.0 Å². The number of sulfonamides is 1. The molecule has 2 fully saturated rings. The number of aryl methyl sites for hydroxylation is 2. The smallest absolute Gasteiger partial charge is 0.289 e. The Balaban J connectivity index is 2.01. The Morgan fingerprint density at radius 3 is 2.48 bits per heavy atom. The Kier molecular flexibility index (Phi) is 3.94. The van der Waals surface area contributed by atoms with Gasteiger partial charge in [0.05, 0.1) is 4.92 Å². The minimum atomic E-state index is -3.88. The molecule has 0 bridgehead atoms. The fraction of sp³-hybridized carbons (Fsp3) is 0.600. The van der Waals surface area contributed by atoms with Gasteiger partial charge >= 0.3 is 0 Å². The number of nitro groups is 1. The van der Waals surface area contributed by atoms with Crippen LogP contribution < -0.4 is 5.73 Å². The molecule has 1 aromatic carbocycles. The van der Waals surface area contributed by atoms with Gasteiger partial charge in [0.1, 0.15) is 0 Å². The number of rotatable bonds is 3. The standard InChI is InChI=1S/C15H21N3O4S/c1-9-5-14(18(19)20)15(6-10(9)2)23(21,22)17-7-11-3-4-13(16)12(11)8-17/h5-6,11-13H,3-4,7-8,16H2,1-2H3. The lowest BCUT2D eigenvalue weighted by atomic mass is 9.98. The Morgan fingerprint density at radius 1 is 1.22 bits per heavy atom. The highest BCUT2D eigenvalue weighted by Crippen LogP contribution is 2.40. The monoisotopic (exact) mass is 339 g/mol. The maximum Gasteiger partial charge on any atom is 0.289 e. The number of nitrogens with two attached hydrogens (primary N) is 1. The topological polar surface area (TPSA) is 107 Å². The van der Waals surface area contributed by atoms with Gasteiger partial charge in [0.25, 0.3) is 5.69 Å². The van der Waals surface area contributed by atoms with Crippen molar-refractivity contribution in [3.63, 3.8) is 0 Å². The van der Waals surface area contributed by atoms with E-state index in [0.717, 1.165) is 18.4 Å². The van der Waals surface area contributed by atoms with Gasteiger partial charge in [-0.3, -0.25) is 10.1 Å². The summed E-state index contributed by atoms with van der Waals surface area (Å²) in [5.41, 5.74) is 7.14. The number of nitro benzene ring substituents is 1. The van der Waals surface area contributed by atoms with Crippen molar-refractivity contribution in [1.29, 1.82) is 0 Å². The van der Waals surface area contributed by atoms with E-state index in [9.17, 15) is 18.5 Å². The Bertz CT molecular complexity index is 762. The van der Waals surface area contributed by atoms with E-state index < -0.39 is 14.9 Å². The first-order chi connectivity index (χ1) is 10.7. The Hall–Kier alpha value is -1.51. The number of benzene rings is 1. The summed E-state index contributed by atoms with van der Waals surface area (Å²) in [6.07, 6.45) is 1.85. The molecule has 7 nitrogen and oxygen atoms in total. The van der Waals surface area contributed by atoms with E-state index in [2.05, 4.69) is 0 Å². The second-order valence-corrected chi connectivity index (χ2v) is 8.55. The van der Waals surface area contributed by atoms with Gasteiger partial charge in [-0.1, -0.05) is 0 Å². The van der Waals surface area contributed by atoms with Gasteiger partial charge in [-0.15, -0.1) is 0 Å². The van der Waals surface area contributed by atoms with E-state index in [4.69, 9.17) is 5.73 Å². The van der Waals surface area contributed by atoms with Crippen LogP contribution in [0.5, 0.6) is 0 Å². The summed E-state index contributed by atoms with van der Waals surface area (Å²) in [5, 5.41) is 11.3. The van der Waals surface area contributed by atoms with Gasteiger partial charge in [0, 0.05) is 25.2 Å². The molecule has 23 heavy (non-hydrogen) atoms. The summed E-state index contributed by atoms with van der Waals surface area (Å²) in [6.45, 7) is 4.26. The predicted molar refractivity (Wildman–Crippen MR) is 85.5 cm³/mol. The lowest BCUT2D eigenvalue weighted by molar-refractivity contribution is -0.387. The SMILES string of the molecule is Cc1cc([N+](=O)[O-])c(S(=O)(=O)N2CC3CCC(N)C3C2)cc1C. The number of fused-ring (bicyclic) bond motifs is 1. The zero-order chi connectivity index (χ0) is 16.9. The van der Waals surface area contributed by atoms with Gasteiger partial charge in [0.15, 0.2) is 4.90 Å². The third-order valence-corrected chi connectivity index (χ3v) is 7.13. The Morgan fingerprint density at radius 2 is 1.87 bits per heavy atom. The molecule has 3 atom stereocenters. The summed E-state index contributed by atoms with van der Waals surface area (Å²) < 4.78 is 27.3. The summed E-state index contributed by atoms with van der Waals surface area (Å²) >= 11 is 0. The first kappa shape index (κ1) is 16.4. The zero-order valence-electron chi connectivity index (χ0n) is 13.2. The quantitative estimate of drug-likeness (QED) is 0.664. The molecular weight excluding hydrogens is 318 g/mol. The van der Waals surface area contributed by atoms with Crippen molar-refractivity contribution >= 4 is 15.7 Å². The average Bonchev–Trinajstić information content (AvgIpc) is 3.04. The maximum absolute atomic E-state index is 12.9. The number of nitrogens with zero attached hydrogens (tertiary/aromatic N) is 2. The van der Waals surface area contributed by atoms with Crippen LogP contribution in [0.15, 0.2) is 17.0 Å². The zero-order valence-corrected chi connectivity index (χ0v) is 14.0. The van der Waals surface area contributed by atoms with Crippen LogP contribution in [0, 0.1) is 35.8 Å². The molecule has 1 saturated heterocycles. The van der Waals surface area contributed by atoms with Gasteiger partial charge in [-0.05, 0) is 55.7 Å². The van der Waals surface area contributed by atoms with E-state index in [0.29, 0.717) is 18.7 Å². The molecule has 0 amide bonds. The first-order valence-electron chi connectivity index (χ1n) is 7.73. The molecule has 2 aliphatic rings. The molecule has 0 spiro atoms. The van der Waals surface area contributed by atoms with E-state index in [-0.39, 0.29) is 28.5 Å². The van der Waals surface area contributed by atoms with Crippen LogP contribution in [-0.4, -0.2) is 36.8 Å². The molecule has 1 heterocycles. The first-order valence-corrected chi connectivity index (χ1v) is 9.17. The molecule has 1 aromatic rings. The second kappa shape index (κ2) is 5.54. The largest absolute Gasteiger partial charge is 0.327 e. The van der Waals surface area contributed by atoms with Crippen LogP contribution in [0.4, 0.5) is 5.69 Å². The molecular formula is C15H21N3O4S. The second-order valence-electron chi connectivity index (χ2n) is 6.65. The van der Waals surface area contributed by atoms with E-state index in [1.807, 2.05) is 0 Å². The van der Waals surface area contributed by atoms with E-state index in [1.165, 1.54) is 16.4 Å². The fourth-order valence-corrected chi connectivity index (χ4v) is 5.48. The van der Waals surface area contributed by atoms with Crippen molar-refractivity contribution in [1.82, 2.24) is 4.31 Å². The summed E-state index contributed by atoms with van der Waals surface area (Å²) in [7, 11) is -3.88. The number of hydrogen-bond donors (Lipinski definition) is 1. The molecule has 1 aliphatic heterocycles. The van der Waals surface area contributed by atoms with Crippen molar-refractivity contribution in [3.8, 4) is 0 Å². The molecule has 0 aromatic heterocycles. The lowest BCUT2D eigenvalue weighted by Gasteiger charge is -2.19. The normalized spacial score (nSPS) is 28.0. The predicted octanol–water partition coefficient (Wildman–Crippen LogP) is 1.57. The summed E-state index contributed by atoms with van der Waals surface area (Å²) in [4.78, 5) is 10.5. The van der Waals surface area contributed by atoms with E-state index >= 15 is 0 Å². The molecule has 3 rings (SSSR count). The van der Waals surface area contributed by atoms with Gasteiger partial charge in [-0.2, -0.15) is 4.31 Å². The third kappa shape index (κ3) is 2.64. The highest BCUT2D eigenvalue weighted by atomic mass is 32.2. The van der Waals surface area contributed by atoms with Crippen molar-refractivity contribution in [2.75, 3.05) is 13.1 Å². The highest BCUT2D eigenvalue weighted by molar-refractivity contribution is 7.89. The molecule has 2 N–H and O–H groups in total. The molecule has 8 heteroatoms. The molecule has 1 saturated carbocycles. The summed E-state index contributed by atoms with van der Waals surface area (Å²) in [5.74, 6) is 0.431. The van der Waals surface area contributed by atoms with Crippen LogP contribution in [-0.2, 0) is 10.0 Å². The lowest BCUT2D eigenvalue weighted by Crippen LogP contribution is -2.33. The minimum Gasteiger partial charge on any atom is -0.327 e. The molecule has 3 unspecified atom stereocenters. The van der Waals surface area contributed by atoms with Crippen LogP contribution in [0.3, 0.4) is 0 Å². The molecule has 126 valence electrons. The number of hydrogen-bond acceptors (Lipinski definition) is 5. The summed E-state index contributed by atoms with van der Waals surface area (Å²) in [6, 6.07) is 2.77.